The maximum absolute atomic E-state index is 10.6. The first-order valence-corrected chi connectivity index (χ1v) is 5.38. The number of hydrogen-bond acceptors (Lipinski definition) is 6. The van der Waals surface area contributed by atoms with Gasteiger partial charge in [0, 0.05) is 12.3 Å². The summed E-state index contributed by atoms with van der Waals surface area (Å²) in [6, 6.07) is 4.55. The first kappa shape index (κ1) is 11.5. The smallest absolute Gasteiger partial charge is 0.371 e. The van der Waals surface area contributed by atoms with E-state index in [-0.39, 0.29) is 5.76 Å². The summed E-state index contributed by atoms with van der Waals surface area (Å²) >= 11 is 1.12. The third kappa shape index (κ3) is 2.76. The molecule has 0 aromatic carbocycles. The van der Waals surface area contributed by atoms with Crippen LogP contribution in [0.1, 0.15) is 10.6 Å². The maximum Gasteiger partial charge on any atom is 0.371 e. The van der Waals surface area contributed by atoms with Crippen LogP contribution in [-0.2, 0) is 0 Å². The fourth-order valence-electron chi connectivity index (χ4n) is 1.07. The fraction of sp³-hybridized carbons (Fsp3) is 0.100. The molecule has 6 nitrogen and oxygen atoms in total. The highest BCUT2D eigenvalue weighted by molar-refractivity contribution is 7.99. The molecule has 0 saturated carbocycles. The molecule has 0 saturated heterocycles. The Labute approximate surface area is 101 Å². The predicted octanol–water partition coefficient (Wildman–Crippen LogP) is 1.93. The van der Waals surface area contributed by atoms with Gasteiger partial charge in [0.05, 0.1) is 7.11 Å². The molecule has 2 rings (SSSR count). The summed E-state index contributed by atoms with van der Waals surface area (Å²) in [7, 11) is 1.51. The minimum atomic E-state index is -1.11. The van der Waals surface area contributed by atoms with Crippen LogP contribution in [-0.4, -0.2) is 28.2 Å². The molecule has 0 fully saturated rings. The first-order chi connectivity index (χ1) is 8.19. The molecule has 2 aromatic rings. The number of aromatic nitrogens is 2. The summed E-state index contributed by atoms with van der Waals surface area (Å²) in [5.41, 5.74) is 0. The third-order valence-electron chi connectivity index (χ3n) is 1.80. The number of carbonyl (C=O) groups is 1. The SMILES string of the molecule is COc1ccnc(Sc2ccc(C(=O)O)o2)n1. The van der Waals surface area contributed by atoms with Gasteiger partial charge in [-0.2, -0.15) is 4.98 Å². The highest BCUT2D eigenvalue weighted by atomic mass is 32.2. The van der Waals surface area contributed by atoms with Crippen LogP contribution in [0.4, 0.5) is 0 Å². The van der Waals surface area contributed by atoms with E-state index in [9.17, 15) is 4.79 Å². The van der Waals surface area contributed by atoms with E-state index in [4.69, 9.17) is 14.3 Å². The van der Waals surface area contributed by atoms with Crippen LogP contribution in [0.2, 0.25) is 0 Å². The number of aromatic carboxylic acids is 1. The molecule has 17 heavy (non-hydrogen) atoms. The summed E-state index contributed by atoms with van der Waals surface area (Å²) in [6.45, 7) is 0. The molecule has 2 heterocycles. The number of ether oxygens (including phenoxy) is 1. The first-order valence-electron chi connectivity index (χ1n) is 4.57. The molecule has 88 valence electrons. The van der Waals surface area contributed by atoms with Gasteiger partial charge in [0.15, 0.2) is 10.2 Å². The molecule has 1 N–H and O–H groups in total. The van der Waals surface area contributed by atoms with Crippen molar-refractivity contribution in [1.82, 2.24) is 9.97 Å². The Hall–Kier alpha value is -2.02. The highest BCUT2D eigenvalue weighted by Gasteiger charge is 2.11. The lowest BCUT2D eigenvalue weighted by Crippen LogP contribution is -1.92. The van der Waals surface area contributed by atoms with Gasteiger partial charge in [-0.25, -0.2) is 9.78 Å². The molecule has 0 aliphatic rings. The minimum absolute atomic E-state index is 0.115. The minimum Gasteiger partial charge on any atom is -0.481 e. The maximum atomic E-state index is 10.6. The van der Waals surface area contributed by atoms with Gasteiger partial charge in [-0.1, -0.05) is 0 Å². The van der Waals surface area contributed by atoms with Crippen LogP contribution in [0, 0.1) is 0 Å². The number of nitrogens with zero attached hydrogens (tertiary/aromatic N) is 2. The van der Waals surface area contributed by atoms with E-state index in [0.717, 1.165) is 11.8 Å². The molecule has 2 aromatic heterocycles. The van der Waals surface area contributed by atoms with Gasteiger partial charge >= 0.3 is 5.97 Å². The van der Waals surface area contributed by atoms with Gasteiger partial charge in [0.25, 0.3) is 0 Å². The van der Waals surface area contributed by atoms with Crippen LogP contribution < -0.4 is 4.74 Å². The van der Waals surface area contributed by atoms with Crippen molar-refractivity contribution in [1.29, 1.82) is 0 Å². The van der Waals surface area contributed by atoms with Gasteiger partial charge in [0.1, 0.15) is 0 Å². The molecule has 0 atom stereocenters. The topological polar surface area (TPSA) is 85.5 Å². The molecular weight excluding hydrogens is 244 g/mol. The Balaban J connectivity index is 2.16. The van der Waals surface area contributed by atoms with Gasteiger partial charge in [-0.3, -0.25) is 0 Å². The normalized spacial score (nSPS) is 10.2. The molecule has 0 spiro atoms. The Bertz CT molecular complexity index is 541. The van der Waals surface area contributed by atoms with Crippen molar-refractivity contribution >= 4 is 17.7 Å². The molecule has 0 radical (unpaired) electrons. The van der Waals surface area contributed by atoms with Crippen molar-refractivity contribution in [3.05, 3.63) is 30.2 Å². The average Bonchev–Trinajstić information content (AvgIpc) is 2.78. The third-order valence-corrected chi connectivity index (χ3v) is 2.60. The lowest BCUT2D eigenvalue weighted by atomic mass is 10.5. The van der Waals surface area contributed by atoms with Crippen molar-refractivity contribution in [2.24, 2.45) is 0 Å². The summed E-state index contributed by atoms with van der Waals surface area (Å²) in [5.74, 6) is -0.786. The molecule has 0 unspecified atom stereocenters. The largest absolute Gasteiger partial charge is 0.481 e. The van der Waals surface area contributed by atoms with E-state index in [2.05, 4.69) is 9.97 Å². The molecule has 0 aliphatic heterocycles. The zero-order valence-corrected chi connectivity index (χ0v) is 9.60. The number of furan rings is 1. The quantitative estimate of drug-likeness (QED) is 0.832. The van der Waals surface area contributed by atoms with Crippen LogP contribution >= 0.6 is 11.8 Å². The summed E-state index contributed by atoms with van der Waals surface area (Å²) in [4.78, 5) is 18.7. The van der Waals surface area contributed by atoms with Crippen LogP contribution in [0.5, 0.6) is 5.88 Å². The zero-order chi connectivity index (χ0) is 12.3. The fourth-order valence-corrected chi connectivity index (χ4v) is 1.76. The zero-order valence-electron chi connectivity index (χ0n) is 8.78. The lowest BCUT2D eigenvalue weighted by Gasteiger charge is -1.99. The van der Waals surface area contributed by atoms with Crippen molar-refractivity contribution in [3.63, 3.8) is 0 Å². The second-order valence-electron chi connectivity index (χ2n) is 2.91. The van der Waals surface area contributed by atoms with Gasteiger partial charge in [-0.15, -0.1) is 0 Å². The average molecular weight is 252 g/mol. The Morgan fingerprint density at radius 3 is 2.94 bits per heavy atom. The summed E-state index contributed by atoms with van der Waals surface area (Å²) in [6.07, 6.45) is 1.55. The second kappa shape index (κ2) is 4.88. The van der Waals surface area contributed by atoms with Crippen LogP contribution in [0.3, 0.4) is 0 Å². The number of rotatable bonds is 4. The van der Waals surface area contributed by atoms with E-state index in [1.807, 2.05) is 0 Å². The number of carboxylic acids is 1. The van der Waals surface area contributed by atoms with Crippen molar-refractivity contribution in [3.8, 4) is 5.88 Å². The standard InChI is InChI=1S/C10H8N2O4S/c1-15-7-4-5-11-10(12-7)17-8-3-2-6(16-8)9(13)14/h2-5H,1H3,(H,13,14). The molecule has 0 aliphatic carbocycles. The molecule has 7 heteroatoms. The second-order valence-corrected chi connectivity index (χ2v) is 3.88. The highest BCUT2D eigenvalue weighted by Crippen LogP contribution is 2.27. The summed E-state index contributed by atoms with van der Waals surface area (Å²) < 4.78 is 10.0. The van der Waals surface area contributed by atoms with Crippen molar-refractivity contribution in [2.75, 3.05) is 7.11 Å². The van der Waals surface area contributed by atoms with E-state index in [1.54, 1.807) is 18.3 Å². The predicted molar refractivity (Wildman–Crippen MR) is 58.4 cm³/mol. The molecule has 0 bridgehead atoms. The number of carboxylic acid groups (broad SMARTS) is 1. The lowest BCUT2D eigenvalue weighted by molar-refractivity contribution is 0.0656. The van der Waals surface area contributed by atoms with E-state index in [0.29, 0.717) is 16.1 Å². The van der Waals surface area contributed by atoms with Crippen LogP contribution in [0.15, 0.2) is 39.1 Å². The number of methoxy groups -OCH3 is 1. The Morgan fingerprint density at radius 1 is 1.47 bits per heavy atom. The van der Waals surface area contributed by atoms with E-state index >= 15 is 0 Å². The van der Waals surface area contributed by atoms with Crippen molar-refractivity contribution < 1.29 is 19.1 Å². The molecular formula is C10H8N2O4S. The van der Waals surface area contributed by atoms with Gasteiger partial charge in [0.2, 0.25) is 11.6 Å². The Kier molecular flexibility index (Phi) is 3.29. The van der Waals surface area contributed by atoms with Crippen molar-refractivity contribution in [2.45, 2.75) is 10.2 Å². The van der Waals surface area contributed by atoms with Gasteiger partial charge in [-0.05, 0) is 23.9 Å². The summed E-state index contributed by atoms with van der Waals surface area (Å²) in [5, 5.41) is 9.53. The molecule has 0 amide bonds. The Morgan fingerprint density at radius 2 is 2.29 bits per heavy atom. The van der Waals surface area contributed by atoms with Crippen LogP contribution in [0.25, 0.3) is 0 Å². The van der Waals surface area contributed by atoms with E-state index < -0.39 is 5.97 Å². The van der Waals surface area contributed by atoms with Gasteiger partial charge < -0.3 is 14.3 Å². The number of hydrogen-bond donors (Lipinski definition) is 1. The monoisotopic (exact) mass is 252 g/mol. The van der Waals surface area contributed by atoms with E-state index in [1.165, 1.54) is 13.2 Å².